The topological polar surface area (TPSA) is 81.2 Å². The molecule has 1 amide bonds. The molecule has 3 N–H and O–H groups in total. The van der Waals surface area contributed by atoms with Crippen molar-refractivity contribution in [3.63, 3.8) is 0 Å². The van der Waals surface area contributed by atoms with Crippen LogP contribution in [0.4, 0.5) is 0 Å². The quantitative estimate of drug-likeness (QED) is 0.524. The summed E-state index contributed by atoms with van der Waals surface area (Å²) in [6, 6.07) is 6.95. The Bertz CT molecular complexity index is 1220. The third-order valence-electron chi connectivity index (χ3n) is 7.06. The van der Waals surface area contributed by atoms with Crippen LogP contribution >= 0.6 is 11.6 Å². The maximum atomic E-state index is 12.8. The van der Waals surface area contributed by atoms with Crippen molar-refractivity contribution in [2.45, 2.75) is 64.6 Å². The molecule has 0 bridgehead atoms. The molecule has 1 saturated heterocycles. The first-order valence-electron chi connectivity index (χ1n) is 11.8. The number of nitrogens with one attached hydrogen (secondary N) is 2. The summed E-state index contributed by atoms with van der Waals surface area (Å²) in [6.45, 7) is 7.29. The molecule has 0 aliphatic carbocycles. The Morgan fingerprint density at radius 3 is 2.79 bits per heavy atom. The third kappa shape index (κ3) is 4.16. The smallest absolute Gasteiger partial charge is 0.254 e. The molecule has 0 spiro atoms. The predicted octanol–water partition coefficient (Wildman–Crippen LogP) is 4.66. The molecule has 174 valence electrons. The Labute approximate surface area is 199 Å². The average molecular weight is 467 g/mol. The lowest BCUT2D eigenvalue weighted by Crippen LogP contribution is -2.47. The van der Waals surface area contributed by atoms with Gasteiger partial charge >= 0.3 is 0 Å². The minimum Gasteiger partial charge on any atom is -0.381 e. The minimum atomic E-state index is -1.36. The molecule has 3 aromatic rings. The summed E-state index contributed by atoms with van der Waals surface area (Å²) >= 11 is 6.29. The number of aryl methyl sites for hydroxylation is 1. The molecular weight excluding hydrogens is 436 g/mol. The summed E-state index contributed by atoms with van der Waals surface area (Å²) in [5, 5.41) is 15.6. The van der Waals surface area contributed by atoms with Crippen LogP contribution in [0.25, 0.3) is 22.2 Å². The molecule has 2 aliphatic heterocycles. The van der Waals surface area contributed by atoms with Gasteiger partial charge in [-0.1, -0.05) is 24.1 Å². The summed E-state index contributed by atoms with van der Waals surface area (Å²) in [5.41, 5.74) is 6.41. The van der Waals surface area contributed by atoms with E-state index in [1.807, 2.05) is 13.1 Å². The lowest BCUT2D eigenvalue weighted by atomic mass is 9.85. The van der Waals surface area contributed by atoms with Gasteiger partial charge in [-0.2, -0.15) is 0 Å². The molecule has 6 nitrogen and oxygen atoms in total. The molecule has 2 aromatic heterocycles. The first kappa shape index (κ1) is 22.4. The van der Waals surface area contributed by atoms with E-state index in [4.69, 9.17) is 11.6 Å². The number of pyridine rings is 1. The lowest BCUT2D eigenvalue weighted by Gasteiger charge is -2.36. The number of aromatic amines is 1. The number of carbonyl (C=O) groups excluding carboxylic acids is 1. The van der Waals surface area contributed by atoms with Crippen LogP contribution in [0.3, 0.4) is 0 Å². The number of amides is 1. The fourth-order valence-corrected chi connectivity index (χ4v) is 5.37. The zero-order valence-corrected chi connectivity index (χ0v) is 20.2. The highest BCUT2D eigenvalue weighted by Crippen LogP contribution is 2.37. The van der Waals surface area contributed by atoms with Gasteiger partial charge in [0.25, 0.3) is 5.91 Å². The molecule has 33 heavy (non-hydrogen) atoms. The summed E-state index contributed by atoms with van der Waals surface area (Å²) in [7, 11) is 0. The number of benzene rings is 1. The van der Waals surface area contributed by atoms with Gasteiger partial charge in [-0.3, -0.25) is 4.79 Å². The fourth-order valence-electron chi connectivity index (χ4n) is 5.18. The maximum Gasteiger partial charge on any atom is 0.254 e. The van der Waals surface area contributed by atoms with E-state index in [-0.39, 0.29) is 11.9 Å². The molecule has 1 atom stereocenters. The molecule has 4 heterocycles. The van der Waals surface area contributed by atoms with Crippen molar-refractivity contribution in [1.29, 1.82) is 0 Å². The molecule has 0 radical (unpaired) electrons. The number of hydrogen-bond acceptors (Lipinski definition) is 4. The number of aromatic nitrogens is 2. The van der Waals surface area contributed by atoms with E-state index in [0.717, 1.165) is 47.1 Å². The van der Waals surface area contributed by atoms with E-state index in [2.05, 4.69) is 33.5 Å². The lowest BCUT2D eigenvalue weighted by molar-refractivity contribution is -0.148. The predicted molar refractivity (Wildman–Crippen MR) is 131 cm³/mol. The fraction of sp³-hybridized carbons (Fsp3) is 0.462. The first-order chi connectivity index (χ1) is 15.7. The number of hydrogen-bond donors (Lipinski definition) is 3. The van der Waals surface area contributed by atoms with Crippen LogP contribution in [-0.4, -0.2) is 44.6 Å². The molecule has 5 rings (SSSR count). The zero-order chi connectivity index (χ0) is 23.3. The van der Waals surface area contributed by atoms with Crippen LogP contribution in [0.5, 0.6) is 0 Å². The highest BCUT2D eigenvalue weighted by atomic mass is 35.5. The highest BCUT2D eigenvalue weighted by Gasteiger charge is 2.33. The number of aliphatic hydroxyl groups is 1. The number of piperidine rings is 1. The Kier molecular flexibility index (Phi) is 5.71. The van der Waals surface area contributed by atoms with Crippen molar-refractivity contribution in [1.82, 2.24) is 20.2 Å². The first-order valence-corrected chi connectivity index (χ1v) is 12.1. The van der Waals surface area contributed by atoms with Gasteiger partial charge in [-0.25, -0.2) is 4.98 Å². The van der Waals surface area contributed by atoms with Crippen LogP contribution in [0.1, 0.15) is 61.4 Å². The molecular formula is C26H31ClN4O2. The molecule has 1 unspecified atom stereocenters. The van der Waals surface area contributed by atoms with Gasteiger partial charge in [-0.15, -0.1) is 0 Å². The van der Waals surface area contributed by atoms with Gasteiger partial charge in [0.15, 0.2) is 0 Å². The van der Waals surface area contributed by atoms with E-state index in [9.17, 15) is 9.90 Å². The van der Waals surface area contributed by atoms with Crippen molar-refractivity contribution in [3.8, 4) is 11.1 Å². The Hall–Kier alpha value is -2.41. The highest BCUT2D eigenvalue weighted by molar-refractivity contribution is 6.31. The normalized spacial score (nSPS) is 19.1. The van der Waals surface area contributed by atoms with Crippen LogP contribution in [0, 0.1) is 6.92 Å². The van der Waals surface area contributed by atoms with Gasteiger partial charge in [0.1, 0.15) is 16.4 Å². The second kappa shape index (κ2) is 8.42. The maximum absolute atomic E-state index is 12.8. The summed E-state index contributed by atoms with van der Waals surface area (Å²) in [6.07, 6.45) is 6.14. The van der Waals surface area contributed by atoms with Crippen LogP contribution < -0.4 is 5.32 Å². The van der Waals surface area contributed by atoms with E-state index in [1.54, 1.807) is 18.7 Å². The number of fused-ring (bicyclic) bond motifs is 2. The third-order valence-corrected chi connectivity index (χ3v) is 7.43. The van der Waals surface area contributed by atoms with Gasteiger partial charge in [0.05, 0.1) is 0 Å². The number of H-pyrrole nitrogens is 1. The van der Waals surface area contributed by atoms with Gasteiger partial charge in [0, 0.05) is 36.3 Å². The second-order valence-electron chi connectivity index (χ2n) is 9.93. The van der Waals surface area contributed by atoms with E-state index in [0.29, 0.717) is 18.2 Å². The standard InChI is InChI=1S/C26H31ClN4O2/c1-15-19-12-18(13-29-24(19)30-23(15)27)17-10-16-7-9-31(25(32)26(2,3)33)14-21(16)20(11-17)22-6-4-5-8-28-22/h10-13,22,28,33H,4-9,14H2,1-3H3,(H,29,30). The van der Waals surface area contributed by atoms with E-state index in [1.165, 1.54) is 29.5 Å². The van der Waals surface area contributed by atoms with E-state index >= 15 is 0 Å². The minimum absolute atomic E-state index is 0.214. The number of halogens is 1. The largest absolute Gasteiger partial charge is 0.381 e. The summed E-state index contributed by atoms with van der Waals surface area (Å²) in [4.78, 5) is 22.4. The summed E-state index contributed by atoms with van der Waals surface area (Å²) in [5.74, 6) is -0.214. The van der Waals surface area contributed by atoms with Gasteiger partial charge in [-0.05, 0) is 86.5 Å². The number of carbonyl (C=O) groups is 1. The SMILES string of the molecule is Cc1c(Cl)[nH]c2ncc(-c3cc4c(c(C5CCCCN5)c3)CN(C(=O)C(C)(C)O)CC4)cc12. The van der Waals surface area contributed by atoms with Crippen molar-refractivity contribution in [2.24, 2.45) is 0 Å². The van der Waals surface area contributed by atoms with Crippen LogP contribution in [-0.2, 0) is 17.8 Å². The van der Waals surface area contributed by atoms with Gasteiger partial charge < -0.3 is 20.3 Å². The van der Waals surface area contributed by atoms with E-state index < -0.39 is 5.60 Å². The molecule has 7 heteroatoms. The molecule has 0 saturated carbocycles. The monoisotopic (exact) mass is 466 g/mol. The van der Waals surface area contributed by atoms with Gasteiger partial charge in [0.2, 0.25) is 0 Å². The average Bonchev–Trinajstić information content (AvgIpc) is 3.10. The summed E-state index contributed by atoms with van der Waals surface area (Å²) < 4.78 is 0. The number of rotatable bonds is 3. The van der Waals surface area contributed by atoms with Crippen molar-refractivity contribution in [2.75, 3.05) is 13.1 Å². The molecule has 1 aromatic carbocycles. The molecule has 1 fully saturated rings. The van der Waals surface area contributed by atoms with Crippen LogP contribution in [0.15, 0.2) is 24.4 Å². The van der Waals surface area contributed by atoms with Crippen LogP contribution in [0.2, 0.25) is 5.15 Å². The molecule has 2 aliphatic rings. The van der Waals surface area contributed by atoms with Crippen molar-refractivity contribution < 1.29 is 9.90 Å². The Balaban J connectivity index is 1.59. The second-order valence-corrected chi connectivity index (χ2v) is 10.3. The Morgan fingerprint density at radius 1 is 1.24 bits per heavy atom. The van der Waals surface area contributed by atoms with Crippen molar-refractivity contribution >= 4 is 28.5 Å². The number of nitrogens with zero attached hydrogens (tertiary/aromatic N) is 2. The Morgan fingerprint density at radius 2 is 2.06 bits per heavy atom. The zero-order valence-electron chi connectivity index (χ0n) is 19.5. The van der Waals surface area contributed by atoms with Crippen molar-refractivity contribution in [3.05, 3.63) is 51.8 Å².